The molecule has 0 radical (unpaired) electrons. The molecule has 1 aromatic carbocycles. The van der Waals surface area contributed by atoms with Crippen LogP contribution in [0.25, 0.3) is 11.5 Å². The molecule has 11 heteroatoms. The van der Waals surface area contributed by atoms with Crippen LogP contribution >= 0.6 is 0 Å². The van der Waals surface area contributed by atoms with Gasteiger partial charge >= 0.3 is 12.5 Å². The fourth-order valence-corrected chi connectivity index (χ4v) is 3.35. The van der Waals surface area contributed by atoms with Gasteiger partial charge in [-0.05, 0) is 11.6 Å². The van der Waals surface area contributed by atoms with Crippen LogP contribution in [0.2, 0.25) is 0 Å². The molecule has 2 amide bonds. The molecule has 1 N–H and O–H groups in total. The van der Waals surface area contributed by atoms with Gasteiger partial charge in [0.25, 0.3) is 11.4 Å². The Morgan fingerprint density at radius 3 is 2.53 bits per heavy atom. The first-order valence-corrected chi connectivity index (χ1v) is 10.0. The Morgan fingerprint density at radius 2 is 1.88 bits per heavy atom. The van der Waals surface area contributed by atoms with E-state index in [2.05, 4.69) is 15.5 Å². The molecule has 0 saturated carbocycles. The van der Waals surface area contributed by atoms with Crippen LogP contribution in [0.1, 0.15) is 23.9 Å². The van der Waals surface area contributed by atoms with Crippen molar-refractivity contribution >= 4 is 6.03 Å². The predicted octanol–water partition coefficient (Wildman–Crippen LogP) is 2.62. The van der Waals surface area contributed by atoms with Crippen molar-refractivity contribution in [2.75, 3.05) is 26.3 Å². The number of alkyl halides is 2. The number of hydrogen-bond donors (Lipinski definition) is 1. The van der Waals surface area contributed by atoms with Crippen LogP contribution in [0.5, 0.6) is 0 Å². The van der Waals surface area contributed by atoms with E-state index in [1.54, 1.807) is 4.90 Å². The summed E-state index contributed by atoms with van der Waals surface area (Å²) < 4.78 is 37.0. The molecular weight excluding hydrogens is 424 g/mol. The number of rotatable bonds is 6. The van der Waals surface area contributed by atoms with Crippen molar-refractivity contribution in [2.24, 2.45) is 0 Å². The molecular formula is C21H21F2N5O4. The average molecular weight is 445 g/mol. The van der Waals surface area contributed by atoms with Crippen LogP contribution in [0.3, 0.4) is 0 Å². The molecule has 9 nitrogen and oxygen atoms in total. The largest absolute Gasteiger partial charge is 0.415 e. The summed E-state index contributed by atoms with van der Waals surface area (Å²) in [4.78, 5) is 27.1. The lowest BCUT2D eigenvalue weighted by Crippen LogP contribution is -2.48. The Bertz CT molecular complexity index is 1110. The lowest BCUT2D eigenvalue weighted by molar-refractivity contribution is 0.0523. The molecule has 1 saturated heterocycles. The van der Waals surface area contributed by atoms with Crippen molar-refractivity contribution in [1.82, 2.24) is 25.0 Å². The van der Waals surface area contributed by atoms with Crippen LogP contribution in [0, 0.1) is 0 Å². The van der Waals surface area contributed by atoms with E-state index in [4.69, 9.17) is 9.15 Å². The van der Waals surface area contributed by atoms with E-state index in [0.717, 1.165) is 5.56 Å². The summed E-state index contributed by atoms with van der Waals surface area (Å²) in [6.45, 7) is 2.12. The molecule has 1 aliphatic heterocycles. The molecule has 1 atom stereocenters. The van der Waals surface area contributed by atoms with E-state index in [9.17, 15) is 18.4 Å². The topological polar surface area (TPSA) is 102 Å². The lowest BCUT2D eigenvalue weighted by Gasteiger charge is -2.29. The molecule has 3 heterocycles. The zero-order valence-electron chi connectivity index (χ0n) is 17.0. The Labute approximate surface area is 181 Å². The minimum atomic E-state index is -2.89. The Morgan fingerprint density at radius 1 is 1.12 bits per heavy atom. The minimum absolute atomic E-state index is 0.162. The molecule has 1 aliphatic rings. The second-order valence-electron chi connectivity index (χ2n) is 7.16. The van der Waals surface area contributed by atoms with Crippen molar-refractivity contribution in [3.63, 3.8) is 0 Å². The zero-order valence-corrected chi connectivity index (χ0v) is 17.0. The van der Waals surface area contributed by atoms with E-state index >= 15 is 0 Å². The number of halogens is 2. The Kier molecular flexibility index (Phi) is 6.55. The SMILES string of the molecule is O=C(N[C@@H](Cn1ccc(-c2nnc(C(F)F)o2)cc1=O)c1ccccc1)N1CCOCC1. The van der Waals surface area contributed by atoms with Gasteiger partial charge in [0.15, 0.2) is 0 Å². The number of pyridine rings is 1. The number of amides is 2. The van der Waals surface area contributed by atoms with Crippen molar-refractivity contribution in [2.45, 2.75) is 19.0 Å². The summed E-state index contributed by atoms with van der Waals surface area (Å²) in [7, 11) is 0. The van der Waals surface area contributed by atoms with Crippen LogP contribution in [0.4, 0.5) is 13.6 Å². The summed E-state index contributed by atoms with van der Waals surface area (Å²) in [6.07, 6.45) is -1.39. The van der Waals surface area contributed by atoms with Gasteiger partial charge in [0, 0.05) is 30.9 Å². The quantitative estimate of drug-likeness (QED) is 0.626. The van der Waals surface area contributed by atoms with Crippen molar-refractivity contribution < 1.29 is 22.7 Å². The van der Waals surface area contributed by atoms with Crippen molar-refractivity contribution in [3.8, 4) is 11.5 Å². The third-order valence-electron chi connectivity index (χ3n) is 5.05. The molecule has 32 heavy (non-hydrogen) atoms. The van der Waals surface area contributed by atoms with E-state index in [1.165, 1.54) is 22.9 Å². The van der Waals surface area contributed by atoms with Crippen LogP contribution < -0.4 is 10.9 Å². The van der Waals surface area contributed by atoms with Gasteiger partial charge in [0.05, 0.1) is 25.8 Å². The molecule has 0 aliphatic carbocycles. The molecule has 1 fully saturated rings. The zero-order chi connectivity index (χ0) is 22.5. The Balaban J connectivity index is 1.54. The standard InChI is InChI=1S/C21H21F2N5O4/c22-18(23)20-26-25-19(32-20)15-6-7-28(17(29)12-15)13-16(14-4-2-1-3-5-14)24-21(30)27-8-10-31-11-9-27/h1-7,12,16,18H,8-11,13H2,(H,24,30)/t16-/m0/s1. The number of ether oxygens (including phenoxy) is 1. The van der Waals surface area contributed by atoms with Crippen molar-refractivity contribution in [1.29, 1.82) is 0 Å². The lowest BCUT2D eigenvalue weighted by atomic mass is 10.1. The minimum Gasteiger partial charge on any atom is -0.415 e. The predicted molar refractivity (Wildman–Crippen MR) is 109 cm³/mol. The number of carbonyl (C=O) groups is 1. The molecule has 3 aromatic rings. The monoisotopic (exact) mass is 445 g/mol. The maximum absolute atomic E-state index is 12.7. The number of hydrogen-bond acceptors (Lipinski definition) is 6. The first-order chi connectivity index (χ1) is 15.5. The third kappa shape index (κ3) is 4.99. The normalized spacial score (nSPS) is 15.0. The molecule has 0 spiro atoms. The second kappa shape index (κ2) is 9.69. The number of benzene rings is 1. The molecule has 2 aromatic heterocycles. The van der Waals surface area contributed by atoms with Gasteiger partial charge in [-0.3, -0.25) is 4.79 Å². The number of nitrogens with zero attached hydrogens (tertiary/aromatic N) is 4. The highest BCUT2D eigenvalue weighted by molar-refractivity contribution is 5.74. The van der Waals surface area contributed by atoms with E-state index < -0.39 is 23.9 Å². The number of nitrogens with one attached hydrogen (secondary N) is 1. The highest BCUT2D eigenvalue weighted by Crippen LogP contribution is 2.22. The first kappa shape index (κ1) is 21.6. The fraction of sp³-hybridized carbons (Fsp3) is 0.333. The van der Waals surface area contributed by atoms with Crippen molar-refractivity contribution in [3.05, 3.63) is 70.5 Å². The van der Waals surface area contributed by atoms with Crippen LogP contribution in [-0.4, -0.2) is 52.0 Å². The van der Waals surface area contributed by atoms with Gasteiger partial charge in [-0.1, -0.05) is 30.3 Å². The summed E-state index contributed by atoms with van der Waals surface area (Å²) in [5.41, 5.74) is 0.670. The number of aromatic nitrogens is 3. The summed E-state index contributed by atoms with van der Waals surface area (Å²) in [5.74, 6) is -0.969. The molecule has 0 unspecified atom stereocenters. The van der Waals surface area contributed by atoms with E-state index in [-0.39, 0.29) is 24.0 Å². The maximum Gasteiger partial charge on any atom is 0.318 e. The van der Waals surface area contributed by atoms with Crippen LogP contribution in [-0.2, 0) is 11.3 Å². The smallest absolute Gasteiger partial charge is 0.318 e. The fourth-order valence-electron chi connectivity index (χ4n) is 3.35. The van der Waals surface area contributed by atoms with Crippen LogP contribution in [0.15, 0.2) is 57.9 Å². The van der Waals surface area contributed by atoms with Gasteiger partial charge < -0.3 is 23.9 Å². The third-order valence-corrected chi connectivity index (χ3v) is 5.05. The number of carbonyl (C=O) groups excluding carboxylic acids is 1. The van der Waals surface area contributed by atoms with Gasteiger partial charge in [-0.15, -0.1) is 10.2 Å². The highest BCUT2D eigenvalue weighted by Gasteiger charge is 2.22. The van der Waals surface area contributed by atoms with Gasteiger partial charge in [-0.2, -0.15) is 8.78 Å². The van der Waals surface area contributed by atoms with Gasteiger partial charge in [0.1, 0.15) is 0 Å². The second-order valence-corrected chi connectivity index (χ2v) is 7.16. The number of urea groups is 1. The number of morpholine rings is 1. The first-order valence-electron chi connectivity index (χ1n) is 10.0. The molecule has 168 valence electrons. The van der Waals surface area contributed by atoms with E-state index in [1.807, 2.05) is 30.3 Å². The molecule has 4 rings (SSSR count). The summed E-state index contributed by atoms with van der Waals surface area (Å²) in [5, 5.41) is 9.82. The summed E-state index contributed by atoms with van der Waals surface area (Å²) in [6, 6.07) is 11.4. The molecule has 0 bridgehead atoms. The maximum atomic E-state index is 12.7. The van der Waals surface area contributed by atoms with Gasteiger partial charge in [-0.25, -0.2) is 4.79 Å². The highest BCUT2D eigenvalue weighted by atomic mass is 19.3. The summed E-state index contributed by atoms with van der Waals surface area (Å²) >= 11 is 0. The average Bonchev–Trinajstić information content (AvgIpc) is 3.32. The Hall–Kier alpha value is -3.60. The van der Waals surface area contributed by atoms with E-state index in [0.29, 0.717) is 26.3 Å². The van der Waals surface area contributed by atoms with Gasteiger partial charge in [0.2, 0.25) is 5.89 Å².